The van der Waals surface area contributed by atoms with Gasteiger partial charge in [-0.25, -0.2) is 4.79 Å². The second kappa shape index (κ2) is 8.34. The first-order chi connectivity index (χ1) is 16.2. The molecule has 0 aliphatic heterocycles. The van der Waals surface area contributed by atoms with E-state index in [2.05, 4.69) is 61.5 Å². The van der Waals surface area contributed by atoms with Crippen molar-refractivity contribution in [2.75, 3.05) is 6.61 Å². The second-order valence-electron chi connectivity index (χ2n) is 16.0. The van der Waals surface area contributed by atoms with Crippen molar-refractivity contribution in [3.8, 4) is 0 Å². The first kappa shape index (κ1) is 25.8. The molecule has 7 unspecified atom stereocenters. The van der Waals surface area contributed by atoms with Crippen molar-refractivity contribution in [3.63, 3.8) is 0 Å². The summed E-state index contributed by atoms with van der Waals surface area (Å²) in [7, 11) is 0. The van der Waals surface area contributed by atoms with Crippen LogP contribution in [0.3, 0.4) is 0 Å². The Labute approximate surface area is 215 Å². The number of hydrogen-bond acceptors (Lipinski definition) is 3. The molecule has 35 heavy (non-hydrogen) atoms. The average Bonchev–Trinajstić information content (AvgIpc) is 3.09. The molecule has 0 amide bonds. The van der Waals surface area contributed by atoms with Crippen LogP contribution >= 0.6 is 0 Å². The maximum atomic E-state index is 13.0. The molecular formula is C32H52O3. The Morgan fingerprint density at radius 2 is 1.74 bits per heavy atom. The molecule has 5 aliphatic carbocycles. The van der Waals surface area contributed by atoms with Gasteiger partial charge < -0.3 is 9.47 Å². The summed E-state index contributed by atoms with van der Waals surface area (Å²) in [4.78, 5) is 13.0. The van der Waals surface area contributed by atoms with Gasteiger partial charge in [-0.1, -0.05) is 53.2 Å². The third-order valence-corrected chi connectivity index (χ3v) is 11.3. The predicted octanol–water partition coefficient (Wildman–Crippen LogP) is 8.12. The van der Waals surface area contributed by atoms with Crippen molar-refractivity contribution in [1.29, 1.82) is 0 Å². The summed E-state index contributed by atoms with van der Waals surface area (Å²) in [6.07, 6.45) is 14.8. The van der Waals surface area contributed by atoms with E-state index in [0.717, 1.165) is 43.4 Å². The lowest BCUT2D eigenvalue weighted by atomic mass is 9.29. The molecule has 1 spiro atoms. The van der Waals surface area contributed by atoms with E-state index in [9.17, 15) is 4.79 Å². The maximum absolute atomic E-state index is 13.0. The zero-order valence-electron chi connectivity index (χ0n) is 24.0. The molecule has 0 heterocycles. The fourth-order valence-electron chi connectivity index (χ4n) is 9.95. The zero-order valence-corrected chi connectivity index (χ0v) is 24.0. The Morgan fingerprint density at radius 3 is 2.37 bits per heavy atom. The van der Waals surface area contributed by atoms with Crippen molar-refractivity contribution < 1.29 is 14.3 Å². The van der Waals surface area contributed by atoms with Crippen molar-refractivity contribution in [2.45, 2.75) is 131 Å². The Morgan fingerprint density at radius 1 is 1.00 bits per heavy atom. The van der Waals surface area contributed by atoms with E-state index in [1.807, 2.05) is 0 Å². The number of carbonyl (C=O) groups is 1. The zero-order chi connectivity index (χ0) is 25.4. The number of allylic oxidation sites excluding steroid dienone is 2. The third-order valence-electron chi connectivity index (χ3n) is 11.3. The fraction of sp³-hybridized carbons (Fsp3) is 0.906. The first-order valence-electron chi connectivity index (χ1n) is 14.7. The molecule has 3 heteroatoms. The van der Waals surface area contributed by atoms with E-state index in [0.29, 0.717) is 16.7 Å². The van der Waals surface area contributed by atoms with E-state index in [-0.39, 0.29) is 35.1 Å². The van der Waals surface area contributed by atoms with Gasteiger partial charge in [0.2, 0.25) is 0 Å². The van der Waals surface area contributed by atoms with Gasteiger partial charge in [-0.15, -0.1) is 0 Å². The van der Waals surface area contributed by atoms with Crippen LogP contribution in [0.4, 0.5) is 0 Å². The standard InChI is InChI=1S/C32H52O3/c1-28(2,3)19-26(29(4,5)6)22-10-9-11-25(13-12-22)34-20-27(33)35-30(7,8)31-16-21-14-23-15-24(18-31)32(23,31)17-21/h10,21,23-26H,9,11-20H2,1-8H3. The highest BCUT2D eigenvalue weighted by Crippen LogP contribution is 2.88. The molecule has 3 nitrogen and oxygen atoms in total. The molecule has 4 fully saturated rings. The molecule has 0 radical (unpaired) electrons. The summed E-state index contributed by atoms with van der Waals surface area (Å²) < 4.78 is 12.5. The molecule has 198 valence electrons. The van der Waals surface area contributed by atoms with Crippen LogP contribution in [-0.2, 0) is 14.3 Å². The SMILES string of the molecule is CC(C)(C)CC(C1=CCCC(OCC(=O)OC(C)(C)C23CC4CC5CC(C2)C53C4)CC1)C(C)(C)C. The van der Waals surface area contributed by atoms with Crippen molar-refractivity contribution in [1.82, 2.24) is 0 Å². The van der Waals surface area contributed by atoms with Gasteiger partial charge >= 0.3 is 5.97 Å². The Kier molecular flexibility index (Phi) is 6.15. The molecule has 0 saturated heterocycles. The van der Waals surface area contributed by atoms with Crippen LogP contribution in [0.5, 0.6) is 0 Å². The van der Waals surface area contributed by atoms with Crippen LogP contribution in [0.15, 0.2) is 11.6 Å². The van der Waals surface area contributed by atoms with E-state index >= 15 is 0 Å². The normalized spacial score (nSPS) is 39.1. The first-order valence-corrected chi connectivity index (χ1v) is 14.7. The summed E-state index contributed by atoms with van der Waals surface area (Å²) in [6.45, 7) is 18.7. The van der Waals surface area contributed by atoms with Gasteiger partial charge in [0, 0.05) is 5.41 Å². The number of rotatable bonds is 7. The molecule has 2 bridgehead atoms. The topological polar surface area (TPSA) is 35.5 Å². The minimum absolute atomic E-state index is 0.105. The Balaban J connectivity index is 1.13. The van der Waals surface area contributed by atoms with Crippen LogP contribution in [0, 0.1) is 45.3 Å². The van der Waals surface area contributed by atoms with Gasteiger partial charge in [-0.3, -0.25) is 0 Å². The number of esters is 1. The second-order valence-corrected chi connectivity index (χ2v) is 16.0. The van der Waals surface area contributed by atoms with E-state index < -0.39 is 0 Å². The number of fused-ring (bicyclic) bond motifs is 1. The summed E-state index contributed by atoms with van der Waals surface area (Å²) >= 11 is 0. The molecule has 4 saturated carbocycles. The molecule has 5 aliphatic rings. The largest absolute Gasteiger partial charge is 0.457 e. The smallest absolute Gasteiger partial charge is 0.332 e. The highest BCUT2D eigenvalue weighted by Gasteiger charge is 2.84. The minimum Gasteiger partial charge on any atom is -0.457 e. The fourth-order valence-corrected chi connectivity index (χ4v) is 9.95. The summed E-state index contributed by atoms with van der Waals surface area (Å²) in [6, 6.07) is 0. The van der Waals surface area contributed by atoms with Gasteiger partial charge in [-0.05, 0) is 118 Å². The van der Waals surface area contributed by atoms with Crippen LogP contribution in [0.1, 0.15) is 120 Å². The van der Waals surface area contributed by atoms with Crippen LogP contribution in [0.2, 0.25) is 0 Å². The van der Waals surface area contributed by atoms with Gasteiger partial charge in [-0.2, -0.15) is 0 Å². The molecule has 0 aromatic rings. The summed E-state index contributed by atoms with van der Waals surface area (Å²) in [5.41, 5.74) is 2.56. The lowest BCUT2D eigenvalue weighted by Gasteiger charge is -2.76. The monoisotopic (exact) mass is 484 g/mol. The number of carbonyl (C=O) groups excluding carboxylic acids is 1. The predicted molar refractivity (Wildman–Crippen MR) is 142 cm³/mol. The van der Waals surface area contributed by atoms with Crippen LogP contribution < -0.4 is 0 Å². The van der Waals surface area contributed by atoms with Gasteiger partial charge in [0.05, 0.1) is 6.10 Å². The van der Waals surface area contributed by atoms with Crippen molar-refractivity contribution in [3.05, 3.63) is 11.6 Å². The highest BCUT2D eigenvalue weighted by atomic mass is 16.6. The highest BCUT2D eigenvalue weighted by molar-refractivity contribution is 5.71. The third kappa shape index (κ3) is 4.15. The van der Waals surface area contributed by atoms with E-state index in [1.54, 1.807) is 5.57 Å². The Bertz CT molecular complexity index is 870. The molecule has 0 N–H and O–H groups in total. The molecule has 5 rings (SSSR count). The van der Waals surface area contributed by atoms with Gasteiger partial charge in [0.15, 0.2) is 0 Å². The summed E-state index contributed by atoms with van der Waals surface area (Å²) in [5.74, 6) is 3.15. The molecule has 7 atom stereocenters. The molecule has 0 aromatic carbocycles. The number of hydrogen-bond donors (Lipinski definition) is 0. The average molecular weight is 485 g/mol. The quantitative estimate of drug-likeness (QED) is 0.270. The molecule has 0 aromatic heterocycles. The lowest BCUT2D eigenvalue weighted by Crippen LogP contribution is -2.73. The number of ether oxygens (including phenoxy) is 2. The van der Waals surface area contributed by atoms with Gasteiger partial charge in [0.25, 0.3) is 0 Å². The van der Waals surface area contributed by atoms with Crippen LogP contribution in [-0.4, -0.2) is 24.3 Å². The molecular weight excluding hydrogens is 432 g/mol. The van der Waals surface area contributed by atoms with E-state index in [4.69, 9.17) is 9.47 Å². The minimum atomic E-state index is -0.372. The summed E-state index contributed by atoms with van der Waals surface area (Å²) in [5, 5.41) is 0. The van der Waals surface area contributed by atoms with Crippen molar-refractivity contribution in [2.24, 2.45) is 45.3 Å². The van der Waals surface area contributed by atoms with Crippen LogP contribution in [0.25, 0.3) is 0 Å². The Hall–Kier alpha value is -0.830. The van der Waals surface area contributed by atoms with E-state index in [1.165, 1.54) is 38.5 Å². The van der Waals surface area contributed by atoms with Gasteiger partial charge in [0.1, 0.15) is 12.2 Å². The lowest BCUT2D eigenvalue weighted by molar-refractivity contribution is -0.309. The maximum Gasteiger partial charge on any atom is 0.332 e. The van der Waals surface area contributed by atoms with Crippen molar-refractivity contribution >= 4 is 5.97 Å².